The van der Waals surface area contributed by atoms with E-state index in [1.165, 1.54) is 23.8 Å². The van der Waals surface area contributed by atoms with Crippen molar-refractivity contribution in [3.05, 3.63) is 65.3 Å². The molecule has 0 radical (unpaired) electrons. The lowest BCUT2D eigenvalue weighted by Gasteiger charge is -2.30. The first-order valence-electron chi connectivity index (χ1n) is 14.3. The number of likely N-dealkylation sites (tertiary alicyclic amines) is 1. The monoisotopic (exact) mass is 560 g/mol. The number of nitrogens with one attached hydrogen (secondary N) is 1. The Morgan fingerprint density at radius 2 is 2.00 bits per heavy atom. The van der Waals surface area contributed by atoms with Crippen LogP contribution in [-0.4, -0.2) is 79.9 Å². The van der Waals surface area contributed by atoms with Gasteiger partial charge in [0.15, 0.2) is 17.9 Å². The molecule has 216 valence electrons. The number of β-amino-alcohol motifs (C(OH)–C–C–N with tert-alkyl or cyclic N) is 1. The van der Waals surface area contributed by atoms with Gasteiger partial charge in [0.2, 0.25) is 5.91 Å². The molecule has 1 saturated carbocycles. The number of amides is 1. The summed E-state index contributed by atoms with van der Waals surface area (Å²) in [7, 11) is 0. The van der Waals surface area contributed by atoms with Crippen LogP contribution in [0, 0.1) is 18.8 Å². The van der Waals surface area contributed by atoms with Crippen LogP contribution in [0.5, 0.6) is 5.75 Å². The van der Waals surface area contributed by atoms with Crippen LogP contribution >= 0.6 is 0 Å². The number of hydrogen-bond acceptors (Lipinski definition) is 10. The number of aliphatic hydroxyl groups is 1. The first-order valence-corrected chi connectivity index (χ1v) is 14.3. The Morgan fingerprint density at radius 3 is 2.76 bits per heavy atom. The molecule has 4 atom stereocenters. The van der Waals surface area contributed by atoms with Gasteiger partial charge in [-0.2, -0.15) is 0 Å². The van der Waals surface area contributed by atoms with E-state index >= 15 is 0 Å². The molecular formula is C30H36N6O5. The van der Waals surface area contributed by atoms with Gasteiger partial charge in [0.05, 0.1) is 11.8 Å². The van der Waals surface area contributed by atoms with Crippen molar-refractivity contribution in [3.8, 4) is 5.75 Å². The lowest BCUT2D eigenvalue weighted by Crippen LogP contribution is -2.36. The summed E-state index contributed by atoms with van der Waals surface area (Å²) in [5, 5.41) is 14.1. The van der Waals surface area contributed by atoms with Crippen molar-refractivity contribution in [1.82, 2.24) is 24.8 Å². The number of aromatic nitrogens is 3. The molecule has 41 heavy (non-hydrogen) atoms. The number of carbonyl (C=O) groups is 2. The van der Waals surface area contributed by atoms with Gasteiger partial charge in [0.1, 0.15) is 30.2 Å². The van der Waals surface area contributed by atoms with Gasteiger partial charge in [-0.1, -0.05) is 6.07 Å². The van der Waals surface area contributed by atoms with E-state index in [9.17, 15) is 14.7 Å². The smallest absolute Gasteiger partial charge is 0.219 e. The van der Waals surface area contributed by atoms with Gasteiger partial charge in [-0.05, 0) is 43.0 Å². The largest absolute Gasteiger partial charge is 0.486 e. The highest BCUT2D eigenvalue weighted by molar-refractivity contribution is 5.94. The lowest BCUT2D eigenvalue weighted by molar-refractivity contribution is -0.128. The topological polar surface area (TPSA) is 134 Å². The van der Waals surface area contributed by atoms with E-state index in [0.29, 0.717) is 42.9 Å². The van der Waals surface area contributed by atoms with Gasteiger partial charge >= 0.3 is 0 Å². The summed E-state index contributed by atoms with van der Waals surface area (Å²) in [6, 6.07) is 8.09. The highest BCUT2D eigenvalue weighted by Crippen LogP contribution is 2.47. The van der Waals surface area contributed by atoms with Crippen molar-refractivity contribution in [2.24, 2.45) is 11.8 Å². The van der Waals surface area contributed by atoms with Crippen molar-refractivity contribution in [2.45, 2.75) is 58.4 Å². The molecule has 6 rings (SSSR count). The second kappa shape index (κ2) is 11.6. The van der Waals surface area contributed by atoms with Crippen LogP contribution in [0.15, 0.2) is 41.4 Å². The number of Topliss-reactive ketones (excluding diaryl/α,β-unsaturated/α-hetero) is 1. The van der Waals surface area contributed by atoms with Crippen LogP contribution in [0.4, 0.5) is 5.82 Å². The SMILES string of the molecule is CC(=O)N1C[C@@H]2C(Nc3cc(C(=O)CC[C@H](O)CN4CCc5cc(OCc6ocnc6C)ccc5C4)ncn3)[C@@H]2C1. The minimum absolute atomic E-state index is 0.106. The number of benzene rings is 1. The average molecular weight is 561 g/mol. The fourth-order valence-corrected chi connectivity index (χ4v) is 6.02. The molecule has 1 unspecified atom stereocenters. The summed E-state index contributed by atoms with van der Waals surface area (Å²) in [6.45, 7) is 7.47. The molecule has 1 amide bonds. The number of carbonyl (C=O) groups excluding carboxylic acids is 2. The molecule has 0 bridgehead atoms. The van der Waals surface area contributed by atoms with Crippen LogP contribution in [0.3, 0.4) is 0 Å². The molecule has 2 fully saturated rings. The Labute approximate surface area is 238 Å². The minimum atomic E-state index is -0.609. The van der Waals surface area contributed by atoms with Crippen LogP contribution < -0.4 is 10.1 Å². The minimum Gasteiger partial charge on any atom is -0.486 e. The maximum atomic E-state index is 12.8. The normalized spacial score (nSPS) is 22.1. The zero-order valence-electron chi connectivity index (χ0n) is 23.5. The molecule has 1 aliphatic carbocycles. The lowest BCUT2D eigenvalue weighted by atomic mass is 9.98. The third kappa shape index (κ3) is 6.25. The quantitative estimate of drug-likeness (QED) is 0.337. The first kappa shape index (κ1) is 27.3. The number of ketones is 1. The summed E-state index contributed by atoms with van der Waals surface area (Å²) in [4.78, 5) is 41.0. The fourth-order valence-electron chi connectivity index (χ4n) is 6.02. The molecular weight excluding hydrogens is 524 g/mol. The molecule has 0 spiro atoms. The Bertz CT molecular complexity index is 1410. The van der Waals surface area contributed by atoms with Crippen molar-refractivity contribution in [2.75, 3.05) is 31.5 Å². The zero-order chi connectivity index (χ0) is 28.5. The maximum Gasteiger partial charge on any atom is 0.219 e. The van der Waals surface area contributed by atoms with Crippen LogP contribution in [-0.2, 0) is 24.4 Å². The zero-order valence-corrected chi connectivity index (χ0v) is 23.5. The van der Waals surface area contributed by atoms with Gasteiger partial charge in [-0.3, -0.25) is 14.5 Å². The van der Waals surface area contributed by atoms with Crippen LogP contribution in [0.2, 0.25) is 0 Å². The molecule has 11 nitrogen and oxygen atoms in total. The molecule has 2 N–H and O–H groups in total. The highest BCUT2D eigenvalue weighted by Gasteiger charge is 2.56. The number of ether oxygens (including phenoxy) is 1. The fraction of sp³-hybridized carbons (Fsp3) is 0.500. The summed E-state index contributed by atoms with van der Waals surface area (Å²) in [5.41, 5.74) is 3.65. The summed E-state index contributed by atoms with van der Waals surface area (Å²) >= 11 is 0. The molecule has 3 aromatic rings. The van der Waals surface area contributed by atoms with Gasteiger partial charge in [-0.25, -0.2) is 15.0 Å². The van der Waals surface area contributed by atoms with Gasteiger partial charge in [0, 0.05) is 70.0 Å². The van der Waals surface area contributed by atoms with E-state index in [-0.39, 0.29) is 24.2 Å². The number of anilines is 1. The van der Waals surface area contributed by atoms with Crippen molar-refractivity contribution in [3.63, 3.8) is 0 Å². The number of aliphatic hydroxyl groups excluding tert-OH is 1. The summed E-state index contributed by atoms with van der Waals surface area (Å²) in [5.74, 6) is 3.05. The predicted molar refractivity (Wildman–Crippen MR) is 149 cm³/mol. The maximum absolute atomic E-state index is 12.8. The van der Waals surface area contributed by atoms with E-state index in [1.807, 2.05) is 17.9 Å². The van der Waals surface area contributed by atoms with Crippen LogP contribution in [0.25, 0.3) is 0 Å². The van der Waals surface area contributed by atoms with Crippen molar-refractivity contribution >= 4 is 17.5 Å². The standard InChI is InChI=1S/C30H36N6O5/c1-18-28(41-17-33-18)15-40-23-5-3-21-11-35(8-7-20(21)9-23)12-22(38)4-6-27(39)26-10-29(32-16-31-26)34-30-24-13-36(19(2)37)14-25(24)30/h3,5,9-10,16-17,22,24-25,30,38H,4,6-8,11-15H2,1-2H3,(H,31,32,34)/t22-,24-,25+,30?/m0/s1. The van der Waals surface area contributed by atoms with Gasteiger partial charge in [0.25, 0.3) is 0 Å². The number of nitrogens with zero attached hydrogens (tertiary/aromatic N) is 5. The molecule has 1 aromatic carbocycles. The van der Waals surface area contributed by atoms with Gasteiger partial charge < -0.3 is 24.5 Å². The number of hydrogen-bond donors (Lipinski definition) is 2. The Morgan fingerprint density at radius 1 is 1.17 bits per heavy atom. The second-order valence-electron chi connectivity index (χ2n) is 11.4. The Hall–Kier alpha value is -3.83. The molecule has 1 saturated heterocycles. The first-order chi connectivity index (χ1) is 19.8. The molecule has 11 heteroatoms. The third-order valence-electron chi connectivity index (χ3n) is 8.56. The van der Waals surface area contributed by atoms with Gasteiger partial charge in [-0.15, -0.1) is 0 Å². The number of rotatable bonds is 11. The average Bonchev–Trinajstić information content (AvgIpc) is 3.28. The summed E-state index contributed by atoms with van der Waals surface area (Å²) in [6.07, 6.45) is 3.68. The number of aryl methyl sites for hydroxylation is 1. The van der Waals surface area contributed by atoms with E-state index in [2.05, 4.69) is 37.3 Å². The second-order valence-corrected chi connectivity index (χ2v) is 11.4. The predicted octanol–water partition coefficient (Wildman–Crippen LogP) is 2.62. The number of oxazole rings is 1. The van der Waals surface area contributed by atoms with E-state index in [0.717, 1.165) is 49.8 Å². The Kier molecular flexibility index (Phi) is 7.72. The summed E-state index contributed by atoms with van der Waals surface area (Å²) < 4.78 is 11.2. The molecule has 2 aromatic heterocycles. The molecule has 2 aliphatic heterocycles. The van der Waals surface area contributed by atoms with E-state index in [4.69, 9.17) is 9.15 Å². The van der Waals surface area contributed by atoms with Crippen LogP contribution in [0.1, 0.15) is 52.8 Å². The van der Waals surface area contributed by atoms with Crippen molar-refractivity contribution < 1.29 is 23.8 Å². The van der Waals surface area contributed by atoms with E-state index < -0.39 is 6.10 Å². The van der Waals surface area contributed by atoms with Crippen molar-refractivity contribution in [1.29, 1.82) is 0 Å². The molecule has 3 aliphatic rings. The van der Waals surface area contributed by atoms with E-state index in [1.54, 1.807) is 13.0 Å². The Balaban J connectivity index is 0.942. The third-order valence-corrected chi connectivity index (χ3v) is 8.56. The highest BCUT2D eigenvalue weighted by atomic mass is 16.5. The number of piperidine rings is 1. The number of fused-ring (bicyclic) bond motifs is 2. The molecule has 4 heterocycles.